The van der Waals surface area contributed by atoms with Crippen molar-refractivity contribution < 1.29 is 0 Å². The van der Waals surface area contributed by atoms with Gasteiger partial charge in [0.05, 0.1) is 11.8 Å². The summed E-state index contributed by atoms with van der Waals surface area (Å²) in [4.78, 5) is 11.3. The molecule has 0 aromatic carbocycles. The number of hydrogen-bond donors (Lipinski definition) is 0. The van der Waals surface area contributed by atoms with Crippen LogP contribution in [0.2, 0.25) is 0 Å². The summed E-state index contributed by atoms with van der Waals surface area (Å²) >= 11 is 6.09. The van der Waals surface area contributed by atoms with Crippen LogP contribution in [-0.4, -0.2) is 33.0 Å². The minimum absolute atomic E-state index is 0.389. The molecule has 18 heavy (non-hydrogen) atoms. The summed E-state index contributed by atoms with van der Waals surface area (Å²) in [7, 11) is 2.01. The molecule has 0 radical (unpaired) electrons. The minimum atomic E-state index is 0.389. The number of fused-ring (bicyclic) bond motifs is 1. The number of alkyl halides is 1. The lowest BCUT2D eigenvalue weighted by atomic mass is 10.0. The van der Waals surface area contributed by atoms with Gasteiger partial charge in [-0.15, -0.1) is 11.6 Å². The first-order chi connectivity index (χ1) is 8.81. The molecule has 0 aliphatic carbocycles. The number of halogens is 1. The van der Waals surface area contributed by atoms with Gasteiger partial charge in [0.1, 0.15) is 5.52 Å². The smallest absolute Gasteiger partial charge is 0.157 e. The Morgan fingerprint density at radius 3 is 3.11 bits per heavy atom. The first-order valence-corrected chi connectivity index (χ1v) is 6.93. The minimum Gasteiger partial charge on any atom is -0.351 e. The molecule has 0 amide bonds. The molecule has 0 bridgehead atoms. The van der Waals surface area contributed by atoms with Crippen LogP contribution in [0.15, 0.2) is 18.6 Å². The summed E-state index contributed by atoms with van der Waals surface area (Å²) < 4.78 is 2.03. The summed E-state index contributed by atoms with van der Waals surface area (Å²) in [6, 6.07) is 2.39. The fourth-order valence-electron chi connectivity index (χ4n) is 2.70. The van der Waals surface area contributed by atoms with Crippen molar-refractivity contribution in [1.82, 2.24) is 14.5 Å². The molecule has 5 heteroatoms. The second kappa shape index (κ2) is 4.76. The molecule has 1 saturated heterocycles. The van der Waals surface area contributed by atoms with E-state index >= 15 is 0 Å². The maximum atomic E-state index is 6.09. The van der Waals surface area contributed by atoms with Crippen LogP contribution in [0.4, 0.5) is 5.82 Å². The number of anilines is 1. The van der Waals surface area contributed by atoms with Crippen LogP contribution < -0.4 is 4.90 Å². The van der Waals surface area contributed by atoms with Crippen LogP contribution in [0.3, 0.4) is 0 Å². The van der Waals surface area contributed by atoms with E-state index in [-0.39, 0.29) is 0 Å². The van der Waals surface area contributed by atoms with Crippen LogP contribution in [0, 0.1) is 0 Å². The molecule has 0 spiro atoms. The van der Waals surface area contributed by atoms with Crippen LogP contribution >= 0.6 is 11.6 Å². The highest BCUT2D eigenvalue weighted by Gasteiger charge is 2.25. The molecule has 1 fully saturated rings. The standard InChI is InChI=1S/C13H17ClN4/c1-17-9-16-12-11(17)5-6-15-13(12)18-7-3-2-4-10(18)8-14/h5-6,9-10H,2-4,7-8H2,1H3. The van der Waals surface area contributed by atoms with Gasteiger partial charge < -0.3 is 9.47 Å². The lowest BCUT2D eigenvalue weighted by Gasteiger charge is -2.35. The Hall–Kier alpha value is -1.29. The number of rotatable bonds is 2. The zero-order chi connectivity index (χ0) is 12.5. The van der Waals surface area contributed by atoms with Gasteiger partial charge in [0.15, 0.2) is 5.82 Å². The van der Waals surface area contributed by atoms with Crippen molar-refractivity contribution in [3.05, 3.63) is 18.6 Å². The molecule has 4 nitrogen and oxygen atoms in total. The molecule has 1 aliphatic heterocycles. The van der Waals surface area contributed by atoms with Crippen molar-refractivity contribution in [2.24, 2.45) is 7.05 Å². The summed E-state index contributed by atoms with van der Waals surface area (Å²) in [6.07, 6.45) is 7.31. The first kappa shape index (κ1) is 11.8. The van der Waals surface area contributed by atoms with Gasteiger partial charge in [-0.1, -0.05) is 0 Å². The topological polar surface area (TPSA) is 34.0 Å². The third-order valence-corrected chi connectivity index (χ3v) is 4.06. The van der Waals surface area contributed by atoms with Crippen molar-refractivity contribution in [1.29, 1.82) is 0 Å². The summed E-state index contributed by atoms with van der Waals surface area (Å²) in [6.45, 7) is 1.03. The third kappa shape index (κ3) is 1.85. The Kier molecular flexibility index (Phi) is 3.12. The second-order valence-corrected chi connectivity index (χ2v) is 5.16. The van der Waals surface area contributed by atoms with Crippen molar-refractivity contribution >= 4 is 28.5 Å². The number of pyridine rings is 1. The van der Waals surface area contributed by atoms with E-state index in [0.717, 1.165) is 29.8 Å². The zero-order valence-electron chi connectivity index (χ0n) is 10.5. The van der Waals surface area contributed by atoms with Crippen LogP contribution in [0.1, 0.15) is 19.3 Å². The molecule has 3 rings (SSSR count). The molecule has 0 saturated carbocycles. The number of hydrogen-bond acceptors (Lipinski definition) is 3. The van der Waals surface area contributed by atoms with E-state index in [1.54, 1.807) is 0 Å². The van der Waals surface area contributed by atoms with Gasteiger partial charge >= 0.3 is 0 Å². The average molecular weight is 265 g/mol. The molecule has 2 aromatic rings. The Morgan fingerprint density at radius 2 is 2.28 bits per heavy atom. The number of aryl methyl sites for hydroxylation is 1. The molecule has 2 aromatic heterocycles. The maximum absolute atomic E-state index is 6.09. The quantitative estimate of drug-likeness (QED) is 0.782. The van der Waals surface area contributed by atoms with Gasteiger partial charge in [0.2, 0.25) is 0 Å². The second-order valence-electron chi connectivity index (χ2n) is 4.86. The van der Waals surface area contributed by atoms with E-state index < -0.39 is 0 Å². The van der Waals surface area contributed by atoms with Gasteiger partial charge in [0.25, 0.3) is 0 Å². The molecule has 96 valence electrons. The highest BCUT2D eigenvalue weighted by atomic mass is 35.5. The molecular formula is C13H17ClN4. The number of nitrogens with zero attached hydrogens (tertiary/aromatic N) is 4. The van der Waals surface area contributed by atoms with Gasteiger partial charge in [-0.2, -0.15) is 0 Å². The van der Waals surface area contributed by atoms with E-state index in [9.17, 15) is 0 Å². The lowest BCUT2D eigenvalue weighted by Crippen LogP contribution is -2.41. The summed E-state index contributed by atoms with van der Waals surface area (Å²) in [5, 5.41) is 0. The zero-order valence-corrected chi connectivity index (χ0v) is 11.3. The van der Waals surface area contributed by atoms with Gasteiger partial charge in [-0.05, 0) is 25.3 Å². The SMILES string of the molecule is Cn1cnc2c(N3CCCCC3CCl)nccc21. The summed E-state index contributed by atoms with van der Waals surface area (Å²) in [5.41, 5.74) is 2.11. The van der Waals surface area contributed by atoms with Crippen molar-refractivity contribution in [2.45, 2.75) is 25.3 Å². The monoisotopic (exact) mass is 264 g/mol. The van der Waals surface area contributed by atoms with E-state index in [4.69, 9.17) is 11.6 Å². The molecular weight excluding hydrogens is 248 g/mol. The van der Waals surface area contributed by atoms with Crippen LogP contribution in [-0.2, 0) is 7.05 Å². The molecule has 3 heterocycles. The Balaban J connectivity index is 2.07. The Morgan fingerprint density at radius 1 is 1.39 bits per heavy atom. The lowest BCUT2D eigenvalue weighted by molar-refractivity contribution is 0.485. The highest BCUT2D eigenvalue weighted by Crippen LogP contribution is 2.28. The molecule has 1 atom stereocenters. The van der Waals surface area contributed by atoms with Crippen LogP contribution in [0.5, 0.6) is 0 Å². The van der Waals surface area contributed by atoms with E-state index in [1.807, 2.05) is 30.2 Å². The average Bonchev–Trinajstić information content (AvgIpc) is 2.81. The highest BCUT2D eigenvalue weighted by molar-refractivity contribution is 6.18. The predicted molar refractivity (Wildman–Crippen MR) is 74.2 cm³/mol. The third-order valence-electron chi connectivity index (χ3n) is 3.70. The molecule has 1 unspecified atom stereocenters. The van der Waals surface area contributed by atoms with Gasteiger partial charge in [-0.3, -0.25) is 0 Å². The van der Waals surface area contributed by atoms with Gasteiger partial charge in [-0.25, -0.2) is 9.97 Å². The Labute approximate surface area is 112 Å². The van der Waals surface area contributed by atoms with Crippen molar-refractivity contribution in [2.75, 3.05) is 17.3 Å². The number of imidazole rings is 1. The molecule has 0 N–H and O–H groups in total. The fraction of sp³-hybridized carbons (Fsp3) is 0.538. The first-order valence-electron chi connectivity index (χ1n) is 6.40. The van der Waals surface area contributed by atoms with E-state index in [0.29, 0.717) is 11.9 Å². The van der Waals surface area contributed by atoms with E-state index in [2.05, 4.69) is 14.9 Å². The maximum Gasteiger partial charge on any atom is 0.157 e. The Bertz CT molecular complexity index is 551. The van der Waals surface area contributed by atoms with Crippen LogP contribution in [0.25, 0.3) is 11.0 Å². The summed E-state index contributed by atoms with van der Waals surface area (Å²) in [5.74, 6) is 1.64. The number of piperidine rings is 1. The van der Waals surface area contributed by atoms with Gasteiger partial charge in [0, 0.05) is 31.7 Å². The fourth-order valence-corrected chi connectivity index (χ4v) is 3.02. The van der Waals surface area contributed by atoms with Crippen molar-refractivity contribution in [3.8, 4) is 0 Å². The number of aromatic nitrogens is 3. The van der Waals surface area contributed by atoms with Crippen molar-refractivity contribution in [3.63, 3.8) is 0 Å². The largest absolute Gasteiger partial charge is 0.351 e. The molecule has 1 aliphatic rings. The predicted octanol–water partition coefficient (Wildman–Crippen LogP) is 2.57. The van der Waals surface area contributed by atoms with E-state index in [1.165, 1.54) is 12.8 Å². The normalized spacial score (nSPS) is 20.6.